The van der Waals surface area contributed by atoms with E-state index in [1.54, 1.807) is 17.5 Å². The number of hydrogen-bond donors (Lipinski definition) is 0. The Kier molecular flexibility index (Phi) is 4.70. The molecule has 0 saturated carbocycles. The van der Waals surface area contributed by atoms with Crippen molar-refractivity contribution in [1.29, 1.82) is 0 Å². The number of thiazole rings is 1. The topological polar surface area (TPSA) is 49.3 Å². The normalized spacial score (nSPS) is 20.9. The molecule has 0 radical (unpaired) electrons. The first kappa shape index (κ1) is 16.5. The van der Waals surface area contributed by atoms with E-state index in [-0.39, 0.29) is 5.91 Å². The highest BCUT2D eigenvalue weighted by Gasteiger charge is 2.27. The minimum absolute atomic E-state index is 0.126. The van der Waals surface area contributed by atoms with Gasteiger partial charge in [0.1, 0.15) is 5.82 Å². The smallest absolute Gasteiger partial charge is 0.254 e. The monoisotopic (exact) mass is 356 g/mol. The van der Waals surface area contributed by atoms with E-state index in [1.165, 1.54) is 22.7 Å². The van der Waals surface area contributed by atoms with Crippen LogP contribution in [0.5, 0.6) is 0 Å². The second-order valence-corrected chi connectivity index (χ2v) is 8.26. The Morgan fingerprint density at radius 1 is 1.20 bits per heavy atom. The first-order chi connectivity index (χ1) is 12.2. The minimum Gasteiger partial charge on any atom is -0.357 e. The summed E-state index contributed by atoms with van der Waals surface area (Å²) in [5, 5.41) is 1.17. The molecule has 0 N–H and O–H groups in total. The molecular formula is C19H24N4OS. The number of hydrogen-bond acceptors (Lipinski definition) is 5. The summed E-state index contributed by atoms with van der Waals surface area (Å²) in [5.74, 6) is 1.43. The van der Waals surface area contributed by atoms with Crippen LogP contribution in [0.15, 0.2) is 24.5 Å². The molecule has 25 heavy (non-hydrogen) atoms. The Morgan fingerprint density at radius 2 is 2.04 bits per heavy atom. The molecule has 0 aliphatic carbocycles. The summed E-state index contributed by atoms with van der Waals surface area (Å²) in [6.45, 7) is 5.78. The van der Waals surface area contributed by atoms with E-state index in [9.17, 15) is 4.79 Å². The summed E-state index contributed by atoms with van der Waals surface area (Å²) in [5.41, 5.74) is 0.757. The molecule has 2 aliphatic rings. The number of pyridine rings is 1. The van der Waals surface area contributed by atoms with Gasteiger partial charge in [0.2, 0.25) is 0 Å². The van der Waals surface area contributed by atoms with Gasteiger partial charge < -0.3 is 9.80 Å². The number of aromatic nitrogens is 2. The molecule has 2 aromatic heterocycles. The fourth-order valence-electron chi connectivity index (χ4n) is 3.78. The third-order valence-electron chi connectivity index (χ3n) is 5.12. The van der Waals surface area contributed by atoms with E-state index in [0.29, 0.717) is 5.92 Å². The molecule has 1 amide bonds. The molecule has 5 nitrogen and oxygen atoms in total. The molecule has 6 heteroatoms. The van der Waals surface area contributed by atoms with Crippen molar-refractivity contribution < 1.29 is 4.79 Å². The molecule has 132 valence electrons. The standard InChI is InChI=1S/C19H24N4OS/c1-14-12-21-18(25-14)16-5-4-10-23(13-16)19(24)15-6-7-20-17(11-15)22-8-2-3-9-22/h6-7,11-12,16H,2-5,8-10,13H2,1H3. The molecule has 0 bridgehead atoms. The third-order valence-corrected chi connectivity index (χ3v) is 6.19. The molecule has 4 heterocycles. The molecule has 2 aromatic rings. The van der Waals surface area contributed by atoms with Gasteiger partial charge >= 0.3 is 0 Å². The van der Waals surface area contributed by atoms with Crippen molar-refractivity contribution >= 4 is 23.1 Å². The van der Waals surface area contributed by atoms with Crippen LogP contribution in [0.1, 0.15) is 51.8 Å². The van der Waals surface area contributed by atoms with Gasteiger partial charge in [-0.05, 0) is 44.7 Å². The van der Waals surface area contributed by atoms with Gasteiger partial charge in [-0.15, -0.1) is 11.3 Å². The van der Waals surface area contributed by atoms with E-state index in [0.717, 1.165) is 50.4 Å². The highest BCUT2D eigenvalue weighted by Crippen LogP contribution is 2.30. The van der Waals surface area contributed by atoms with Crippen molar-refractivity contribution in [1.82, 2.24) is 14.9 Å². The lowest BCUT2D eigenvalue weighted by molar-refractivity contribution is 0.0707. The Bertz CT molecular complexity index is 753. The van der Waals surface area contributed by atoms with Gasteiger partial charge in [-0.1, -0.05) is 0 Å². The zero-order valence-corrected chi connectivity index (χ0v) is 15.5. The molecule has 1 unspecified atom stereocenters. The zero-order chi connectivity index (χ0) is 17.2. The van der Waals surface area contributed by atoms with Crippen LogP contribution >= 0.6 is 11.3 Å². The molecule has 1 atom stereocenters. The number of carbonyl (C=O) groups excluding carboxylic acids is 1. The SMILES string of the molecule is Cc1cnc(C2CCCN(C(=O)c3ccnc(N4CCCC4)c3)C2)s1. The van der Waals surface area contributed by atoms with Crippen LogP contribution in [0, 0.1) is 6.92 Å². The van der Waals surface area contributed by atoms with E-state index in [4.69, 9.17) is 0 Å². The maximum atomic E-state index is 13.0. The second kappa shape index (κ2) is 7.12. The van der Waals surface area contributed by atoms with Crippen molar-refractivity contribution in [2.24, 2.45) is 0 Å². The fraction of sp³-hybridized carbons (Fsp3) is 0.526. The van der Waals surface area contributed by atoms with Gasteiger partial charge in [0.25, 0.3) is 5.91 Å². The predicted molar refractivity (Wildman–Crippen MR) is 100 cm³/mol. The molecule has 0 aromatic carbocycles. The minimum atomic E-state index is 0.126. The van der Waals surface area contributed by atoms with Gasteiger partial charge in [0.15, 0.2) is 0 Å². The van der Waals surface area contributed by atoms with E-state index in [1.807, 2.05) is 23.2 Å². The van der Waals surface area contributed by atoms with Crippen molar-refractivity contribution in [2.45, 2.75) is 38.5 Å². The summed E-state index contributed by atoms with van der Waals surface area (Å²) < 4.78 is 0. The molecule has 0 spiro atoms. The average molecular weight is 356 g/mol. The number of likely N-dealkylation sites (tertiary alicyclic amines) is 1. The fourth-order valence-corrected chi connectivity index (χ4v) is 4.68. The van der Waals surface area contributed by atoms with E-state index < -0.39 is 0 Å². The van der Waals surface area contributed by atoms with Crippen molar-refractivity contribution in [3.63, 3.8) is 0 Å². The third kappa shape index (κ3) is 3.54. The zero-order valence-electron chi connectivity index (χ0n) is 14.6. The summed E-state index contributed by atoms with van der Waals surface area (Å²) in [7, 11) is 0. The van der Waals surface area contributed by atoms with Crippen LogP contribution in [-0.4, -0.2) is 47.0 Å². The van der Waals surface area contributed by atoms with Crippen LogP contribution in [0.25, 0.3) is 0 Å². The van der Waals surface area contributed by atoms with Gasteiger partial charge in [-0.2, -0.15) is 0 Å². The van der Waals surface area contributed by atoms with Crippen LogP contribution in [0.4, 0.5) is 5.82 Å². The Morgan fingerprint density at radius 3 is 2.80 bits per heavy atom. The Hall–Kier alpha value is -1.95. The van der Waals surface area contributed by atoms with Gasteiger partial charge in [0, 0.05) is 54.9 Å². The number of piperidine rings is 1. The quantitative estimate of drug-likeness (QED) is 0.845. The number of anilines is 1. The van der Waals surface area contributed by atoms with E-state index in [2.05, 4.69) is 21.8 Å². The average Bonchev–Trinajstić information content (AvgIpc) is 3.33. The van der Waals surface area contributed by atoms with Gasteiger partial charge in [0.05, 0.1) is 5.01 Å². The number of aryl methyl sites for hydroxylation is 1. The first-order valence-corrected chi connectivity index (χ1v) is 9.95. The first-order valence-electron chi connectivity index (χ1n) is 9.13. The van der Waals surface area contributed by atoms with Crippen LogP contribution in [0.3, 0.4) is 0 Å². The summed E-state index contributed by atoms with van der Waals surface area (Å²) in [6.07, 6.45) is 8.28. The van der Waals surface area contributed by atoms with Gasteiger partial charge in [-0.3, -0.25) is 4.79 Å². The number of amides is 1. The lowest BCUT2D eigenvalue weighted by atomic mass is 9.98. The summed E-state index contributed by atoms with van der Waals surface area (Å²) >= 11 is 1.76. The molecule has 4 rings (SSSR count). The van der Waals surface area contributed by atoms with E-state index >= 15 is 0 Å². The van der Waals surface area contributed by atoms with Crippen molar-refractivity contribution in [3.8, 4) is 0 Å². The Labute approximate surface area is 152 Å². The number of nitrogens with zero attached hydrogens (tertiary/aromatic N) is 4. The highest BCUT2D eigenvalue weighted by atomic mass is 32.1. The number of rotatable bonds is 3. The molecule has 2 fully saturated rings. The predicted octanol–water partition coefficient (Wildman–Crippen LogP) is 3.47. The van der Waals surface area contributed by atoms with Crippen LogP contribution < -0.4 is 4.90 Å². The molecule has 2 aliphatic heterocycles. The molecule has 2 saturated heterocycles. The maximum Gasteiger partial charge on any atom is 0.254 e. The summed E-state index contributed by atoms with van der Waals surface area (Å²) in [4.78, 5) is 27.5. The highest BCUT2D eigenvalue weighted by molar-refractivity contribution is 7.11. The second-order valence-electron chi connectivity index (χ2n) is 7.00. The maximum absolute atomic E-state index is 13.0. The molecular weight excluding hydrogens is 332 g/mol. The van der Waals surface area contributed by atoms with Crippen molar-refractivity contribution in [2.75, 3.05) is 31.1 Å². The van der Waals surface area contributed by atoms with Crippen LogP contribution in [-0.2, 0) is 0 Å². The van der Waals surface area contributed by atoms with Gasteiger partial charge in [-0.25, -0.2) is 9.97 Å². The lowest BCUT2D eigenvalue weighted by Crippen LogP contribution is -2.39. The lowest BCUT2D eigenvalue weighted by Gasteiger charge is -2.32. The number of carbonyl (C=O) groups is 1. The summed E-state index contributed by atoms with van der Waals surface area (Å²) in [6, 6.07) is 3.81. The van der Waals surface area contributed by atoms with Crippen LogP contribution in [0.2, 0.25) is 0 Å². The Balaban J connectivity index is 1.49. The van der Waals surface area contributed by atoms with Crippen molar-refractivity contribution in [3.05, 3.63) is 40.0 Å². The largest absolute Gasteiger partial charge is 0.357 e.